The van der Waals surface area contributed by atoms with Crippen LogP contribution in [0.3, 0.4) is 0 Å². The summed E-state index contributed by atoms with van der Waals surface area (Å²) >= 11 is 1.58. The van der Waals surface area contributed by atoms with E-state index in [9.17, 15) is 4.79 Å². The SMILES string of the molecule is CCC(CN)CC(=O)Nc1cccc(-c2nccs2)c1. The van der Waals surface area contributed by atoms with E-state index in [0.717, 1.165) is 22.7 Å². The number of carbonyl (C=O) groups excluding carboxylic acids is 1. The van der Waals surface area contributed by atoms with E-state index in [1.165, 1.54) is 0 Å². The molecule has 0 aliphatic heterocycles. The van der Waals surface area contributed by atoms with E-state index in [0.29, 0.717) is 13.0 Å². The zero-order valence-corrected chi connectivity index (χ0v) is 12.3. The average molecular weight is 289 g/mol. The fourth-order valence-electron chi connectivity index (χ4n) is 1.96. The van der Waals surface area contributed by atoms with Gasteiger partial charge in [0.1, 0.15) is 5.01 Å². The second-order valence-corrected chi connectivity index (χ2v) is 5.57. The van der Waals surface area contributed by atoms with Crippen molar-refractivity contribution in [2.45, 2.75) is 19.8 Å². The van der Waals surface area contributed by atoms with Crippen LogP contribution in [0.2, 0.25) is 0 Å². The van der Waals surface area contributed by atoms with Crippen LogP contribution in [-0.2, 0) is 4.79 Å². The van der Waals surface area contributed by atoms with Gasteiger partial charge in [0.05, 0.1) is 0 Å². The highest BCUT2D eigenvalue weighted by Gasteiger charge is 2.11. The third-order valence-corrected chi connectivity index (χ3v) is 4.03. The maximum absolute atomic E-state index is 12.0. The lowest BCUT2D eigenvalue weighted by atomic mass is 10.0. The molecule has 0 fully saturated rings. The summed E-state index contributed by atoms with van der Waals surface area (Å²) in [6.07, 6.45) is 3.16. The number of benzene rings is 1. The van der Waals surface area contributed by atoms with Crippen molar-refractivity contribution in [3.63, 3.8) is 0 Å². The lowest BCUT2D eigenvalue weighted by molar-refractivity contribution is -0.117. The molecule has 0 aliphatic rings. The van der Waals surface area contributed by atoms with Crippen LogP contribution in [0, 0.1) is 5.92 Å². The molecule has 20 heavy (non-hydrogen) atoms. The van der Waals surface area contributed by atoms with Crippen LogP contribution in [0.4, 0.5) is 5.69 Å². The zero-order chi connectivity index (χ0) is 14.4. The average Bonchev–Trinajstić information content (AvgIpc) is 2.99. The zero-order valence-electron chi connectivity index (χ0n) is 11.5. The highest BCUT2D eigenvalue weighted by Crippen LogP contribution is 2.24. The highest BCUT2D eigenvalue weighted by atomic mass is 32.1. The van der Waals surface area contributed by atoms with Gasteiger partial charge in [0.25, 0.3) is 0 Å². The van der Waals surface area contributed by atoms with Crippen LogP contribution in [0.15, 0.2) is 35.8 Å². The minimum atomic E-state index is 0.0126. The molecule has 1 atom stereocenters. The molecule has 1 amide bonds. The van der Waals surface area contributed by atoms with Crippen molar-refractivity contribution in [1.82, 2.24) is 4.98 Å². The topological polar surface area (TPSA) is 68.0 Å². The summed E-state index contributed by atoms with van der Waals surface area (Å²) < 4.78 is 0. The standard InChI is InChI=1S/C15H19N3OS/c1-2-11(10-16)8-14(19)18-13-5-3-4-12(9-13)15-17-6-7-20-15/h3-7,9,11H,2,8,10,16H2,1H3,(H,18,19). The number of hydrogen-bond donors (Lipinski definition) is 2. The molecule has 1 unspecified atom stereocenters. The molecular formula is C15H19N3OS. The number of carbonyl (C=O) groups is 1. The van der Waals surface area contributed by atoms with Gasteiger partial charge in [-0.2, -0.15) is 0 Å². The first kappa shape index (κ1) is 14.7. The summed E-state index contributed by atoms with van der Waals surface area (Å²) in [6, 6.07) is 7.74. The monoisotopic (exact) mass is 289 g/mol. The predicted octanol–water partition coefficient (Wildman–Crippen LogP) is 3.12. The van der Waals surface area contributed by atoms with Gasteiger partial charge in [0.2, 0.25) is 5.91 Å². The van der Waals surface area contributed by atoms with Gasteiger partial charge >= 0.3 is 0 Å². The van der Waals surface area contributed by atoms with Crippen LogP contribution in [0.5, 0.6) is 0 Å². The van der Waals surface area contributed by atoms with Crippen molar-refractivity contribution in [2.24, 2.45) is 11.7 Å². The van der Waals surface area contributed by atoms with Gasteiger partial charge in [-0.15, -0.1) is 11.3 Å². The maximum Gasteiger partial charge on any atom is 0.224 e. The highest BCUT2D eigenvalue weighted by molar-refractivity contribution is 7.13. The Labute approximate surface area is 123 Å². The molecular weight excluding hydrogens is 270 g/mol. The van der Waals surface area contributed by atoms with Crippen molar-refractivity contribution in [2.75, 3.05) is 11.9 Å². The quantitative estimate of drug-likeness (QED) is 0.858. The van der Waals surface area contributed by atoms with Gasteiger partial charge in [0, 0.05) is 29.2 Å². The molecule has 1 heterocycles. The summed E-state index contributed by atoms with van der Waals surface area (Å²) in [5, 5.41) is 5.82. The molecule has 1 aromatic carbocycles. The van der Waals surface area contributed by atoms with Crippen LogP contribution in [0.1, 0.15) is 19.8 Å². The molecule has 0 saturated carbocycles. The Morgan fingerprint density at radius 1 is 1.50 bits per heavy atom. The molecule has 0 bridgehead atoms. The number of nitrogens with one attached hydrogen (secondary N) is 1. The van der Waals surface area contributed by atoms with Crippen molar-refractivity contribution < 1.29 is 4.79 Å². The first-order valence-electron chi connectivity index (χ1n) is 6.72. The lowest BCUT2D eigenvalue weighted by Crippen LogP contribution is -2.21. The molecule has 1 aromatic heterocycles. The molecule has 0 aliphatic carbocycles. The largest absolute Gasteiger partial charge is 0.330 e. The van der Waals surface area contributed by atoms with Crippen LogP contribution in [-0.4, -0.2) is 17.4 Å². The second kappa shape index (κ2) is 7.17. The molecule has 0 saturated heterocycles. The number of amides is 1. The van der Waals surface area contributed by atoms with Crippen molar-refractivity contribution in [3.05, 3.63) is 35.8 Å². The van der Waals surface area contributed by atoms with E-state index in [4.69, 9.17) is 5.73 Å². The lowest BCUT2D eigenvalue weighted by Gasteiger charge is -2.12. The number of nitrogens with two attached hydrogens (primary N) is 1. The molecule has 0 radical (unpaired) electrons. The molecule has 2 aromatic rings. The third kappa shape index (κ3) is 3.88. The minimum absolute atomic E-state index is 0.0126. The summed E-state index contributed by atoms with van der Waals surface area (Å²) in [6.45, 7) is 2.59. The van der Waals surface area contributed by atoms with E-state index in [1.807, 2.05) is 36.6 Å². The van der Waals surface area contributed by atoms with Crippen LogP contribution >= 0.6 is 11.3 Å². The van der Waals surface area contributed by atoms with Crippen molar-refractivity contribution in [3.8, 4) is 10.6 Å². The molecule has 106 valence electrons. The Bertz CT molecular complexity index is 550. The minimum Gasteiger partial charge on any atom is -0.330 e. The first-order valence-corrected chi connectivity index (χ1v) is 7.60. The Hall–Kier alpha value is -1.72. The van der Waals surface area contributed by atoms with Gasteiger partial charge in [-0.3, -0.25) is 4.79 Å². The van der Waals surface area contributed by atoms with E-state index >= 15 is 0 Å². The summed E-state index contributed by atoms with van der Waals surface area (Å²) in [5.41, 5.74) is 7.44. The number of thiazole rings is 1. The van der Waals surface area contributed by atoms with Gasteiger partial charge < -0.3 is 11.1 Å². The first-order chi connectivity index (χ1) is 9.72. The van der Waals surface area contributed by atoms with Crippen LogP contribution in [0.25, 0.3) is 10.6 Å². The van der Waals surface area contributed by atoms with E-state index < -0.39 is 0 Å². The fourth-order valence-corrected chi connectivity index (χ4v) is 2.60. The maximum atomic E-state index is 12.0. The van der Waals surface area contributed by atoms with Gasteiger partial charge in [0.15, 0.2) is 0 Å². The predicted molar refractivity (Wildman–Crippen MR) is 83.6 cm³/mol. The summed E-state index contributed by atoms with van der Waals surface area (Å²) in [7, 11) is 0. The normalized spacial score (nSPS) is 12.1. The third-order valence-electron chi connectivity index (χ3n) is 3.21. The summed E-state index contributed by atoms with van der Waals surface area (Å²) in [5.74, 6) is 0.260. The van der Waals surface area contributed by atoms with Gasteiger partial charge in [-0.05, 0) is 24.6 Å². The molecule has 3 N–H and O–H groups in total. The molecule has 2 rings (SSSR count). The number of rotatable bonds is 6. The van der Waals surface area contributed by atoms with Crippen molar-refractivity contribution in [1.29, 1.82) is 0 Å². The van der Waals surface area contributed by atoms with Gasteiger partial charge in [-0.25, -0.2) is 4.98 Å². The van der Waals surface area contributed by atoms with E-state index in [-0.39, 0.29) is 11.8 Å². The number of aromatic nitrogens is 1. The second-order valence-electron chi connectivity index (χ2n) is 4.68. The number of nitrogens with zero attached hydrogens (tertiary/aromatic N) is 1. The molecule has 0 spiro atoms. The smallest absolute Gasteiger partial charge is 0.224 e. The Balaban J connectivity index is 2.03. The van der Waals surface area contributed by atoms with Crippen molar-refractivity contribution >= 4 is 22.9 Å². The Morgan fingerprint density at radius 2 is 2.35 bits per heavy atom. The van der Waals surface area contributed by atoms with Crippen LogP contribution < -0.4 is 11.1 Å². The Kier molecular flexibility index (Phi) is 5.26. The van der Waals surface area contributed by atoms with Gasteiger partial charge in [-0.1, -0.05) is 25.5 Å². The Morgan fingerprint density at radius 3 is 3.00 bits per heavy atom. The fraction of sp³-hybridized carbons (Fsp3) is 0.333. The molecule has 4 nitrogen and oxygen atoms in total. The van der Waals surface area contributed by atoms with E-state index in [1.54, 1.807) is 17.5 Å². The van der Waals surface area contributed by atoms with E-state index in [2.05, 4.69) is 10.3 Å². The molecule has 5 heteroatoms. The number of hydrogen-bond acceptors (Lipinski definition) is 4. The summed E-state index contributed by atoms with van der Waals surface area (Å²) in [4.78, 5) is 16.2. The number of anilines is 1.